The first-order valence-corrected chi connectivity index (χ1v) is 9.08. The van der Waals surface area contributed by atoms with Crippen molar-refractivity contribution in [1.29, 1.82) is 0 Å². The topological polar surface area (TPSA) is 41.6 Å². The highest BCUT2D eigenvalue weighted by Crippen LogP contribution is 2.15. The van der Waals surface area contributed by atoms with Crippen molar-refractivity contribution in [2.24, 2.45) is 0 Å². The molecule has 24 heavy (non-hydrogen) atoms. The van der Waals surface area contributed by atoms with Crippen molar-refractivity contribution < 1.29 is 9.53 Å². The summed E-state index contributed by atoms with van der Waals surface area (Å²) in [7, 11) is 2.05. The molecule has 0 aliphatic carbocycles. The largest absolute Gasteiger partial charge is 0.484 e. The van der Waals surface area contributed by atoms with E-state index in [1.165, 1.54) is 5.56 Å². The van der Waals surface area contributed by atoms with Gasteiger partial charge in [0.25, 0.3) is 5.91 Å². The van der Waals surface area contributed by atoms with Crippen LogP contribution < -0.4 is 10.1 Å². The number of hydrogen-bond donors (Lipinski definition) is 1. The van der Waals surface area contributed by atoms with E-state index >= 15 is 0 Å². The van der Waals surface area contributed by atoms with E-state index in [1.54, 1.807) is 11.9 Å². The highest BCUT2D eigenvalue weighted by Gasteiger charge is 2.09. The smallest absolute Gasteiger partial charge is 0.258 e. The summed E-state index contributed by atoms with van der Waals surface area (Å²) in [6, 6.07) is 17.7. The number of nitrogens with zero attached hydrogens (tertiary/aromatic N) is 1. The SMILES string of the molecule is CSN(C)Cc1ccc(OCC(=O)NC(C)c2ccccc2)cc1. The minimum absolute atomic E-state index is 0.0151. The highest BCUT2D eigenvalue weighted by atomic mass is 32.2. The van der Waals surface area contributed by atoms with Crippen LogP contribution in [0.4, 0.5) is 0 Å². The third-order valence-electron chi connectivity index (χ3n) is 3.69. The van der Waals surface area contributed by atoms with Crippen molar-refractivity contribution in [2.45, 2.75) is 19.5 Å². The van der Waals surface area contributed by atoms with Crippen molar-refractivity contribution in [3.8, 4) is 5.75 Å². The molecule has 0 saturated heterocycles. The first-order chi connectivity index (χ1) is 11.6. The van der Waals surface area contributed by atoms with E-state index in [0.29, 0.717) is 5.75 Å². The number of carbonyl (C=O) groups excluding carboxylic acids is 1. The lowest BCUT2D eigenvalue weighted by Crippen LogP contribution is -2.31. The summed E-state index contributed by atoms with van der Waals surface area (Å²) in [5, 5.41) is 2.94. The molecule has 2 aromatic rings. The van der Waals surface area contributed by atoms with E-state index in [9.17, 15) is 4.79 Å². The van der Waals surface area contributed by atoms with Gasteiger partial charge >= 0.3 is 0 Å². The molecule has 2 rings (SSSR count). The lowest BCUT2D eigenvalue weighted by molar-refractivity contribution is -0.123. The summed E-state index contributed by atoms with van der Waals surface area (Å²) < 4.78 is 7.71. The van der Waals surface area contributed by atoms with E-state index < -0.39 is 0 Å². The number of carbonyl (C=O) groups is 1. The van der Waals surface area contributed by atoms with Gasteiger partial charge in [-0.15, -0.1) is 0 Å². The molecule has 0 spiro atoms. The Labute approximate surface area is 148 Å². The molecule has 0 fully saturated rings. The maximum atomic E-state index is 12.0. The van der Waals surface area contributed by atoms with Crippen LogP contribution in [0.2, 0.25) is 0 Å². The van der Waals surface area contributed by atoms with Crippen LogP contribution in [-0.4, -0.2) is 30.1 Å². The van der Waals surface area contributed by atoms with Gasteiger partial charge in [0.2, 0.25) is 0 Å². The number of hydrogen-bond acceptors (Lipinski definition) is 4. The second kappa shape index (κ2) is 9.35. The molecular formula is C19H24N2O2S. The summed E-state index contributed by atoms with van der Waals surface area (Å²) in [4.78, 5) is 12.0. The van der Waals surface area contributed by atoms with E-state index in [2.05, 4.69) is 9.62 Å². The van der Waals surface area contributed by atoms with Gasteiger partial charge in [-0.3, -0.25) is 4.79 Å². The summed E-state index contributed by atoms with van der Waals surface area (Å²) in [5.41, 5.74) is 2.29. The predicted octanol–water partition coefficient (Wildman–Crippen LogP) is 3.65. The van der Waals surface area contributed by atoms with Crippen LogP contribution in [0.5, 0.6) is 5.75 Å². The van der Waals surface area contributed by atoms with Gasteiger partial charge in [-0.25, -0.2) is 4.31 Å². The fraction of sp³-hybridized carbons (Fsp3) is 0.316. The lowest BCUT2D eigenvalue weighted by Gasteiger charge is -2.15. The second-order valence-electron chi connectivity index (χ2n) is 5.60. The molecule has 4 nitrogen and oxygen atoms in total. The Morgan fingerprint density at radius 1 is 1.17 bits per heavy atom. The first kappa shape index (κ1) is 18.4. The van der Waals surface area contributed by atoms with Crippen LogP contribution in [0, 0.1) is 0 Å². The summed E-state index contributed by atoms with van der Waals surface area (Å²) >= 11 is 1.69. The number of amides is 1. The minimum Gasteiger partial charge on any atom is -0.484 e. The van der Waals surface area contributed by atoms with Crippen LogP contribution in [0.3, 0.4) is 0 Å². The van der Waals surface area contributed by atoms with Gasteiger partial charge in [-0.2, -0.15) is 0 Å². The van der Waals surface area contributed by atoms with E-state index in [1.807, 2.05) is 74.8 Å². The molecule has 0 aliphatic heterocycles. The van der Waals surface area contributed by atoms with Crippen LogP contribution in [0.1, 0.15) is 24.1 Å². The van der Waals surface area contributed by atoms with Gasteiger partial charge in [0.15, 0.2) is 6.61 Å². The molecule has 1 amide bonds. The summed E-state index contributed by atoms with van der Waals surface area (Å²) in [6.45, 7) is 2.85. The van der Waals surface area contributed by atoms with Gasteiger partial charge in [0, 0.05) is 6.54 Å². The average Bonchev–Trinajstić information content (AvgIpc) is 2.61. The van der Waals surface area contributed by atoms with E-state index in [-0.39, 0.29) is 18.6 Å². The zero-order chi connectivity index (χ0) is 17.4. The molecule has 128 valence electrons. The number of benzene rings is 2. The van der Waals surface area contributed by atoms with Crippen molar-refractivity contribution in [3.63, 3.8) is 0 Å². The third kappa shape index (κ3) is 5.91. The first-order valence-electron chi connectivity index (χ1n) is 7.90. The summed E-state index contributed by atoms with van der Waals surface area (Å²) in [6.07, 6.45) is 2.05. The van der Waals surface area contributed by atoms with E-state index in [4.69, 9.17) is 4.74 Å². The fourth-order valence-corrected chi connectivity index (χ4v) is 2.55. The van der Waals surface area contributed by atoms with Crippen molar-refractivity contribution >= 4 is 17.9 Å². The Hall–Kier alpha value is -1.98. The molecule has 1 atom stereocenters. The van der Waals surface area contributed by atoms with Crippen LogP contribution in [0.25, 0.3) is 0 Å². The number of rotatable bonds is 8. The molecule has 0 bridgehead atoms. The Kier molecular flexibility index (Phi) is 7.15. The van der Waals surface area contributed by atoms with Gasteiger partial charge in [-0.1, -0.05) is 54.4 Å². The molecule has 0 aliphatic rings. The Morgan fingerprint density at radius 2 is 1.83 bits per heavy atom. The normalized spacial score (nSPS) is 12.0. The quantitative estimate of drug-likeness (QED) is 0.742. The number of nitrogens with one attached hydrogen (secondary N) is 1. The molecule has 0 heterocycles. The predicted molar refractivity (Wildman–Crippen MR) is 99.9 cm³/mol. The van der Waals surface area contributed by atoms with Gasteiger partial charge in [0.05, 0.1) is 6.04 Å². The second-order valence-corrected chi connectivity index (χ2v) is 6.59. The lowest BCUT2D eigenvalue weighted by atomic mass is 10.1. The van der Waals surface area contributed by atoms with Crippen molar-refractivity contribution in [3.05, 3.63) is 65.7 Å². The monoisotopic (exact) mass is 344 g/mol. The fourth-order valence-electron chi connectivity index (χ4n) is 2.27. The zero-order valence-corrected chi connectivity index (χ0v) is 15.2. The van der Waals surface area contributed by atoms with Gasteiger partial charge in [0.1, 0.15) is 5.75 Å². The molecule has 5 heteroatoms. The molecule has 2 aromatic carbocycles. The number of ether oxygens (including phenoxy) is 1. The third-order valence-corrected chi connectivity index (χ3v) is 4.44. The minimum atomic E-state index is -0.127. The molecule has 1 unspecified atom stereocenters. The molecular weight excluding hydrogens is 320 g/mol. The maximum absolute atomic E-state index is 12.0. The molecule has 1 N–H and O–H groups in total. The zero-order valence-electron chi connectivity index (χ0n) is 14.4. The Balaban J connectivity index is 1.79. The standard InChI is InChI=1S/C19H24N2O2S/c1-15(17-7-5-4-6-8-17)20-19(22)14-23-18-11-9-16(10-12-18)13-21(2)24-3/h4-12,15H,13-14H2,1-3H3,(H,20,22). The van der Waals surface area contributed by atoms with Crippen molar-refractivity contribution in [1.82, 2.24) is 9.62 Å². The average molecular weight is 344 g/mol. The molecule has 0 saturated carbocycles. The summed E-state index contributed by atoms with van der Waals surface area (Å²) in [5.74, 6) is 0.575. The van der Waals surface area contributed by atoms with E-state index in [0.717, 1.165) is 12.1 Å². The Bertz CT molecular complexity index is 632. The van der Waals surface area contributed by atoms with Gasteiger partial charge < -0.3 is 10.1 Å². The highest BCUT2D eigenvalue weighted by molar-refractivity contribution is 7.96. The van der Waals surface area contributed by atoms with Crippen molar-refractivity contribution in [2.75, 3.05) is 19.9 Å². The van der Waals surface area contributed by atoms with Crippen LogP contribution >= 0.6 is 11.9 Å². The van der Waals surface area contributed by atoms with Crippen LogP contribution in [0.15, 0.2) is 54.6 Å². The maximum Gasteiger partial charge on any atom is 0.258 e. The van der Waals surface area contributed by atoms with Crippen LogP contribution in [-0.2, 0) is 11.3 Å². The molecule has 0 aromatic heterocycles. The molecule has 0 radical (unpaired) electrons. The Morgan fingerprint density at radius 3 is 2.46 bits per heavy atom. The van der Waals surface area contributed by atoms with Gasteiger partial charge in [-0.05, 0) is 43.5 Å².